The summed E-state index contributed by atoms with van der Waals surface area (Å²) in [5.74, 6) is 0.527. The van der Waals surface area contributed by atoms with Crippen molar-refractivity contribution in [3.63, 3.8) is 0 Å². The van der Waals surface area contributed by atoms with Crippen molar-refractivity contribution in [2.75, 3.05) is 5.43 Å². The molecule has 0 unspecified atom stereocenters. The molecule has 1 amide bonds. The molecule has 5 nitrogen and oxygen atoms in total. The van der Waals surface area contributed by atoms with Crippen molar-refractivity contribution >= 4 is 11.7 Å². The minimum Gasteiger partial charge on any atom is -0.282 e. The lowest BCUT2D eigenvalue weighted by Gasteiger charge is -2.09. The Balaban J connectivity index is 1.59. The third-order valence-corrected chi connectivity index (χ3v) is 3.71. The van der Waals surface area contributed by atoms with Crippen LogP contribution in [0.2, 0.25) is 0 Å². The fourth-order valence-corrected chi connectivity index (χ4v) is 2.60. The van der Waals surface area contributed by atoms with Gasteiger partial charge in [-0.25, -0.2) is 14.4 Å². The van der Waals surface area contributed by atoms with E-state index in [-0.39, 0.29) is 23.6 Å². The molecule has 1 aliphatic carbocycles. The molecule has 0 saturated heterocycles. The van der Waals surface area contributed by atoms with Crippen LogP contribution in [0.25, 0.3) is 0 Å². The van der Waals surface area contributed by atoms with Gasteiger partial charge >= 0.3 is 0 Å². The van der Waals surface area contributed by atoms with Crippen molar-refractivity contribution in [3.8, 4) is 0 Å². The fourth-order valence-electron chi connectivity index (χ4n) is 2.60. The van der Waals surface area contributed by atoms with Crippen LogP contribution in [0.3, 0.4) is 0 Å². The van der Waals surface area contributed by atoms with Crippen molar-refractivity contribution in [2.45, 2.75) is 26.2 Å². The van der Waals surface area contributed by atoms with Crippen LogP contribution < -0.4 is 10.9 Å². The number of anilines is 1. The number of carbonyl (C=O) groups is 1. The first-order valence-corrected chi connectivity index (χ1v) is 7.17. The Kier molecular flexibility index (Phi) is 3.75. The van der Waals surface area contributed by atoms with E-state index >= 15 is 0 Å². The number of aromatic nitrogens is 2. The SMILES string of the molecule is Cc1cc(NNC(=O)[C@@H]2C[C@@H]2c2ccccc2F)nc(C)n1. The van der Waals surface area contributed by atoms with Gasteiger partial charge in [-0.1, -0.05) is 18.2 Å². The first-order chi connectivity index (χ1) is 10.5. The Morgan fingerprint density at radius 1 is 1.27 bits per heavy atom. The number of carbonyl (C=O) groups excluding carboxylic acids is 1. The molecule has 1 aromatic heterocycles. The summed E-state index contributed by atoms with van der Waals surface area (Å²) >= 11 is 0. The number of rotatable bonds is 4. The van der Waals surface area contributed by atoms with Crippen molar-refractivity contribution in [3.05, 3.63) is 53.2 Å². The highest BCUT2D eigenvalue weighted by molar-refractivity contribution is 5.83. The number of halogens is 1. The fraction of sp³-hybridized carbons (Fsp3) is 0.312. The van der Waals surface area contributed by atoms with E-state index in [1.807, 2.05) is 6.92 Å². The number of hydrogen-bond donors (Lipinski definition) is 2. The summed E-state index contributed by atoms with van der Waals surface area (Å²) in [4.78, 5) is 20.4. The zero-order chi connectivity index (χ0) is 15.7. The van der Waals surface area contributed by atoms with Gasteiger partial charge in [0.05, 0.1) is 0 Å². The predicted octanol–water partition coefficient (Wildman–Crippen LogP) is 2.48. The van der Waals surface area contributed by atoms with Gasteiger partial charge in [0, 0.05) is 17.7 Å². The maximum atomic E-state index is 13.7. The second-order valence-corrected chi connectivity index (χ2v) is 5.53. The monoisotopic (exact) mass is 300 g/mol. The van der Waals surface area contributed by atoms with Gasteiger partial charge in [0.25, 0.3) is 0 Å². The van der Waals surface area contributed by atoms with Gasteiger partial charge in [0.15, 0.2) is 0 Å². The molecular weight excluding hydrogens is 283 g/mol. The molecule has 1 aliphatic rings. The number of amides is 1. The van der Waals surface area contributed by atoms with Crippen molar-refractivity contribution in [2.24, 2.45) is 5.92 Å². The van der Waals surface area contributed by atoms with Gasteiger partial charge in [0.2, 0.25) is 5.91 Å². The van der Waals surface area contributed by atoms with Crippen molar-refractivity contribution in [1.82, 2.24) is 15.4 Å². The van der Waals surface area contributed by atoms with Crippen LogP contribution in [0.1, 0.15) is 29.4 Å². The zero-order valence-electron chi connectivity index (χ0n) is 12.4. The second-order valence-electron chi connectivity index (χ2n) is 5.53. The number of hydrogen-bond acceptors (Lipinski definition) is 4. The van der Waals surface area contributed by atoms with Gasteiger partial charge in [-0.05, 0) is 37.8 Å². The van der Waals surface area contributed by atoms with Crippen LogP contribution >= 0.6 is 0 Å². The van der Waals surface area contributed by atoms with E-state index < -0.39 is 0 Å². The van der Waals surface area contributed by atoms with Crippen LogP contribution in [0.15, 0.2) is 30.3 Å². The predicted molar refractivity (Wildman–Crippen MR) is 80.5 cm³/mol. The largest absolute Gasteiger partial charge is 0.282 e. The molecule has 2 aromatic rings. The lowest BCUT2D eigenvalue weighted by Crippen LogP contribution is -2.31. The molecule has 6 heteroatoms. The molecule has 0 radical (unpaired) electrons. The highest BCUT2D eigenvalue weighted by Crippen LogP contribution is 2.48. The minimum atomic E-state index is -0.252. The van der Waals surface area contributed by atoms with E-state index in [9.17, 15) is 9.18 Å². The zero-order valence-corrected chi connectivity index (χ0v) is 12.4. The Morgan fingerprint density at radius 3 is 2.77 bits per heavy atom. The van der Waals surface area contributed by atoms with Crippen molar-refractivity contribution < 1.29 is 9.18 Å². The molecule has 1 saturated carbocycles. The smallest absolute Gasteiger partial charge is 0.242 e. The minimum absolute atomic E-state index is 0.0446. The number of aryl methyl sites for hydroxylation is 2. The van der Waals surface area contributed by atoms with Crippen molar-refractivity contribution in [1.29, 1.82) is 0 Å². The molecule has 1 heterocycles. The molecule has 0 spiro atoms. The Labute approximate surface area is 128 Å². The number of benzene rings is 1. The first kappa shape index (κ1) is 14.4. The lowest BCUT2D eigenvalue weighted by molar-refractivity contribution is -0.121. The number of nitrogens with zero attached hydrogens (tertiary/aromatic N) is 2. The molecule has 2 N–H and O–H groups in total. The van der Waals surface area contributed by atoms with Crippen LogP contribution in [0, 0.1) is 25.6 Å². The van der Waals surface area contributed by atoms with Gasteiger partial charge in [-0.2, -0.15) is 0 Å². The third-order valence-electron chi connectivity index (χ3n) is 3.71. The third kappa shape index (κ3) is 3.05. The Morgan fingerprint density at radius 2 is 2.05 bits per heavy atom. The molecule has 0 bridgehead atoms. The molecule has 2 atom stereocenters. The lowest BCUT2D eigenvalue weighted by atomic mass is 10.1. The van der Waals surface area contributed by atoms with Crippen LogP contribution in [-0.2, 0) is 4.79 Å². The highest BCUT2D eigenvalue weighted by atomic mass is 19.1. The summed E-state index contributed by atoms with van der Waals surface area (Å²) in [6, 6.07) is 8.34. The standard InChI is InChI=1S/C16H17FN4O/c1-9-7-15(19-10(2)18-9)20-21-16(22)13-8-12(13)11-5-3-4-6-14(11)17/h3-7,12-13H,8H2,1-2H3,(H,21,22)(H,18,19,20)/t12-,13-/m1/s1. The molecule has 114 valence electrons. The molecule has 3 rings (SSSR count). The van der Waals surface area contributed by atoms with E-state index in [2.05, 4.69) is 20.8 Å². The second kappa shape index (κ2) is 5.71. The Bertz CT molecular complexity index is 699. The maximum Gasteiger partial charge on any atom is 0.242 e. The van der Waals surface area contributed by atoms with E-state index in [1.165, 1.54) is 6.07 Å². The topological polar surface area (TPSA) is 66.9 Å². The first-order valence-electron chi connectivity index (χ1n) is 7.17. The summed E-state index contributed by atoms with van der Waals surface area (Å²) in [7, 11) is 0. The van der Waals surface area contributed by atoms with Crippen LogP contribution in [0.4, 0.5) is 10.2 Å². The normalized spacial score (nSPS) is 19.6. The van der Waals surface area contributed by atoms with Crippen LogP contribution in [-0.4, -0.2) is 15.9 Å². The molecular formula is C16H17FN4O. The summed E-state index contributed by atoms with van der Waals surface area (Å²) in [5, 5.41) is 0. The average Bonchev–Trinajstić information content (AvgIpc) is 3.24. The van der Waals surface area contributed by atoms with E-state index in [0.29, 0.717) is 23.6 Å². The Hall–Kier alpha value is -2.50. The maximum absolute atomic E-state index is 13.7. The molecule has 22 heavy (non-hydrogen) atoms. The number of hydrazine groups is 1. The quantitative estimate of drug-likeness (QED) is 0.851. The van der Waals surface area contributed by atoms with E-state index in [4.69, 9.17) is 0 Å². The summed E-state index contributed by atoms with van der Waals surface area (Å²) in [6.45, 7) is 3.64. The molecule has 0 aliphatic heterocycles. The van der Waals surface area contributed by atoms with Gasteiger partial charge in [-0.15, -0.1) is 0 Å². The molecule has 1 aromatic carbocycles. The van der Waals surface area contributed by atoms with Gasteiger partial charge in [-0.3, -0.25) is 15.6 Å². The van der Waals surface area contributed by atoms with E-state index in [1.54, 1.807) is 31.2 Å². The highest BCUT2D eigenvalue weighted by Gasteiger charge is 2.45. The summed E-state index contributed by atoms with van der Waals surface area (Å²) in [6.07, 6.45) is 0.663. The van der Waals surface area contributed by atoms with Gasteiger partial charge < -0.3 is 0 Å². The molecule has 1 fully saturated rings. The van der Waals surface area contributed by atoms with Gasteiger partial charge in [0.1, 0.15) is 17.5 Å². The van der Waals surface area contributed by atoms with Crippen LogP contribution in [0.5, 0.6) is 0 Å². The average molecular weight is 300 g/mol. The van der Waals surface area contributed by atoms with E-state index in [0.717, 1.165) is 5.69 Å². The summed E-state index contributed by atoms with van der Waals surface area (Å²) in [5.41, 5.74) is 6.85. The number of nitrogens with one attached hydrogen (secondary N) is 2. The summed E-state index contributed by atoms with van der Waals surface area (Å²) < 4.78 is 13.7.